The molecule has 0 heterocycles. The lowest BCUT2D eigenvalue weighted by Crippen LogP contribution is -2.22. The predicted octanol–water partition coefficient (Wildman–Crippen LogP) is 3.05. The SMILES string of the molecule is CC(=O)N(C)c1cc(C)c(Br)c(C)c1. The number of hydrogen-bond acceptors (Lipinski definition) is 1. The average molecular weight is 256 g/mol. The van der Waals surface area contributed by atoms with Crippen molar-refractivity contribution in [3.05, 3.63) is 27.7 Å². The summed E-state index contributed by atoms with van der Waals surface area (Å²) in [5.41, 5.74) is 3.23. The molecule has 0 aliphatic rings. The van der Waals surface area contributed by atoms with Gasteiger partial charge in [0.1, 0.15) is 0 Å². The van der Waals surface area contributed by atoms with E-state index in [4.69, 9.17) is 0 Å². The zero-order valence-electron chi connectivity index (χ0n) is 8.89. The molecular formula is C11H14BrNO. The van der Waals surface area contributed by atoms with E-state index in [1.807, 2.05) is 26.0 Å². The monoisotopic (exact) mass is 255 g/mol. The van der Waals surface area contributed by atoms with Crippen LogP contribution in [0, 0.1) is 13.8 Å². The van der Waals surface area contributed by atoms with Crippen LogP contribution in [0.2, 0.25) is 0 Å². The highest BCUT2D eigenvalue weighted by Crippen LogP contribution is 2.26. The molecule has 0 fully saturated rings. The third-order valence-corrected chi connectivity index (χ3v) is 3.53. The van der Waals surface area contributed by atoms with Crippen molar-refractivity contribution in [2.75, 3.05) is 11.9 Å². The second-order valence-electron chi connectivity index (χ2n) is 3.47. The van der Waals surface area contributed by atoms with Crippen LogP contribution in [0.1, 0.15) is 18.1 Å². The van der Waals surface area contributed by atoms with E-state index in [1.54, 1.807) is 18.9 Å². The molecular weight excluding hydrogens is 242 g/mol. The van der Waals surface area contributed by atoms with Crippen molar-refractivity contribution in [1.29, 1.82) is 0 Å². The van der Waals surface area contributed by atoms with E-state index in [0.717, 1.165) is 21.3 Å². The van der Waals surface area contributed by atoms with Crippen LogP contribution in [-0.4, -0.2) is 13.0 Å². The molecule has 14 heavy (non-hydrogen) atoms. The van der Waals surface area contributed by atoms with Gasteiger partial charge in [-0.2, -0.15) is 0 Å². The zero-order valence-corrected chi connectivity index (χ0v) is 10.5. The first-order valence-electron chi connectivity index (χ1n) is 4.44. The predicted molar refractivity (Wildman–Crippen MR) is 62.7 cm³/mol. The number of carbonyl (C=O) groups is 1. The van der Waals surface area contributed by atoms with Crippen LogP contribution in [0.4, 0.5) is 5.69 Å². The minimum atomic E-state index is 0.0473. The van der Waals surface area contributed by atoms with Crippen molar-refractivity contribution in [1.82, 2.24) is 0 Å². The van der Waals surface area contributed by atoms with Gasteiger partial charge in [-0.15, -0.1) is 0 Å². The molecule has 0 unspecified atom stereocenters. The quantitative estimate of drug-likeness (QED) is 0.756. The zero-order chi connectivity index (χ0) is 10.9. The first-order chi connectivity index (χ1) is 6.43. The number of halogens is 1. The summed E-state index contributed by atoms with van der Waals surface area (Å²) in [7, 11) is 1.78. The maximum Gasteiger partial charge on any atom is 0.223 e. The Hall–Kier alpha value is -0.830. The Morgan fingerprint density at radius 3 is 2.07 bits per heavy atom. The highest BCUT2D eigenvalue weighted by Gasteiger charge is 2.08. The molecule has 1 amide bonds. The molecule has 0 saturated carbocycles. The molecule has 0 atom stereocenters. The van der Waals surface area contributed by atoms with Gasteiger partial charge in [-0.25, -0.2) is 0 Å². The minimum absolute atomic E-state index is 0.0473. The van der Waals surface area contributed by atoms with E-state index in [0.29, 0.717) is 0 Å². The van der Waals surface area contributed by atoms with E-state index in [9.17, 15) is 4.79 Å². The molecule has 0 radical (unpaired) electrons. The van der Waals surface area contributed by atoms with Crippen LogP contribution in [-0.2, 0) is 4.79 Å². The lowest BCUT2D eigenvalue weighted by molar-refractivity contribution is -0.116. The van der Waals surface area contributed by atoms with Gasteiger partial charge in [0.15, 0.2) is 0 Å². The van der Waals surface area contributed by atoms with Crippen molar-refractivity contribution in [3.8, 4) is 0 Å². The summed E-state index contributed by atoms with van der Waals surface area (Å²) in [5.74, 6) is 0.0473. The highest BCUT2D eigenvalue weighted by molar-refractivity contribution is 9.10. The summed E-state index contributed by atoms with van der Waals surface area (Å²) >= 11 is 3.50. The molecule has 0 saturated heterocycles. The number of nitrogens with zero attached hydrogens (tertiary/aromatic N) is 1. The van der Waals surface area contributed by atoms with Gasteiger partial charge in [0.2, 0.25) is 5.91 Å². The Morgan fingerprint density at radius 1 is 1.29 bits per heavy atom. The van der Waals surface area contributed by atoms with Crippen molar-refractivity contribution in [2.45, 2.75) is 20.8 Å². The fraction of sp³-hybridized carbons (Fsp3) is 0.364. The Labute approximate surface area is 93.0 Å². The molecule has 0 spiro atoms. The third kappa shape index (κ3) is 2.15. The van der Waals surface area contributed by atoms with Crippen LogP contribution in [0.15, 0.2) is 16.6 Å². The van der Waals surface area contributed by atoms with E-state index in [2.05, 4.69) is 15.9 Å². The minimum Gasteiger partial charge on any atom is -0.316 e. The number of amides is 1. The van der Waals surface area contributed by atoms with E-state index in [-0.39, 0.29) is 5.91 Å². The first kappa shape index (κ1) is 11.2. The van der Waals surface area contributed by atoms with Crippen molar-refractivity contribution < 1.29 is 4.79 Å². The topological polar surface area (TPSA) is 20.3 Å². The molecule has 2 nitrogen and oxygen atoms in total. The fourth-order valence-corrected chi connectivity index (χ4v) is 1.53. The van der Waals surface area contributed by atoms with Gasteiger partial charge in [0.05, 0.1) is 0 Å². The Morgan fingerprint density at radius 2 is 1.71 bits per heavy atom. The van der Waals surface area contributed by atoms with Crippen LogP contribution in [0.3, 0.4) is 0 Å². The summed E-state index contributed by atoms with van der Waals surface area (Å²) in [6.07, 6.45) is 0. The Balaban J connectivity index is 3.19. The van der Waals surface area contributed by atoms with E-state index >= 15 is 0 Å². The highest BCUT2D eigenvalue weighted by atomic mass is 79.9. The maximum absolute atomic E-state index is 11.2. The molecule has 0 aliphatic heterocycles. The second-order valence-corrected chi connectivity index (χ2v) is 4.26. The average Bonchev–Trinajstić information content (AvgIpc) is 2.12. The van der Waals surface area contributed by atoms with Crippen LogP contribution in [0.5, 0.6) is 0 Å². The number of anilines is 1. The molecule has 1 rings (SSSR count). The molecule has 1 aromatic carbocycles. The summed E-state index contributed by atoms with van der Waals surface area (Å²) in [6.45, 7) is 5.61. The fourth-order valence-electron chi connectivity index (χ4n) is 1.30. The van der Waals surface area contributed by atoms with Gasteiger partial charge >= 0.3 is 0 Å². The summed E-state index contributed by atoms with van der Waals surface area (Å²) in [4.78, 5) is 12.8. The molecule has 1 aromatic rings. The number of aryl methyl sites for hydroxylation is 2. The van der Waals surface area contributed by atoms with Gasteiger partial charge in [0.25, 0.3) is 0 Å². The molecule has 0 N–H and O–H groups in total. The van der Waals surface area contributed by atoms with E-state index < -0.39 is 0 Å². The number of benzene rings is 1. The summed E-state index contributed by atoms with van der Waals surface area (Å²) in [5, 5.41) is 0. The second kappa shape index (κ2) is 4.13. The first-order valence-corrected chi connectivity index (χ1v) is 5.24. The molecule has 0 aliphatic carbocycles. The third-order valence-electron chi connectivity index (χ3n) is 2.28. The number of carbonyl (C=O) groups excluding carboxylic acids is 1. The van der Waals surface area contributed by atoms with Gasteiger partial charge in [-0.3, -0.25) is 4.79 Å². The van der Waals surface area contributed by atoms with Crippen molar-refractivity contribution >= 4 is 27.5 Å². The lowest BCUT2D eigenvalue weighted by Gasteiger charge is -2.17. The molecule has 0 aromatic heterocycles. The van der Waals surface area contributed by atoms with Crippen LogP contribution >= 0.6 is 15.9 Å². The maximum atomic E-state index is 11.2. The largest absolute Gasteiger partial charge is 0.316 e. The van der Waals surface area contributed by atoms with Crippen LogP contribution < -0.4 is 4.90 Å². The summed E-state index contributed by atoms with van der Waals surface area (Å²) < 4.78 is 1.11. The summed E-state index contributed by atoms with van der Waals surface area (Å²) in [6, 6.07) is 4.00. The molecule has 76 valence electrons. The Kier molecular flexibility index (Phi) is 3.32. The lowest BCUT2D eigenvalue weighted by atomic mass is 10.1. The van der Waals surface area contributed by atoms with E-state index in [1.165, 1.54) is 0 Å². The van der Waals surface area contributed by atoms with Crippen molar-refractivity contribution in [2.24, 2.45) is 0 Å². The molecule has 3 heteroatoms. The van der Waals surface area contributed by atoms with Crippen molar-refractivity contribution in [3.63, 3.8) is 0 Å². The molecule has 0 bridgehead atoms. The van der Waals surface area contributed by atoms with Gasteiger partial charge in [0, 0.05) is 24.1 Å². The van der Waals surface area contributed by atoms with Gasteiger partial charge in [-0.1, -0.05) is 15.9 Å². The Bertz CT molecular complexity index is 351. The van der Waals surface area contributed by atoms with Gasteiger partial charge in [-0.05, 0) is 37.1 Å². The smallest absolute Gasteiger partial charge is 0.223 e. The number of rotatable bonds is 1. The van der Waals surface area contributed by atoms with Gasteiger partial charge < -0.3 is 4.90 Å². The number of hydrogen-bond donors (Lipinski definition) is 0. The van der Waals surface area contributed by atoms with Crippen LogP contribution in [0.25, 0.3) is 0 Å². The standard InChI is InChI=1S/C11H14BrNO/c1-7-5-10(13(4)9(3)14)6-8(2)11(7)12/h5-6H,1-4H3. The normalized spacial score (nSPS) is 10.1.